The molecule has 5 aromatic rings. The number of pyridine rings is 1. The number of oxazole rings is 1. The highest BCUT2D eigenvalue weighted by atomic mass is 16.4. The molecule has 2 aromatic carbocycles. The van der Waals surface area contributed by atoms with E-state index < -0.39 is 11.5 Å². The Morgan fingerprint density at radius 1 is 0.897 bits per heavy atom. The number of hydrogen-bond acceptors (Lipinski definition) is 6. The maximum atomic E-state index is 12.6. The topological polar surface area (TPSA) is 98.2 Å². The van der Waals surface area contributed by atoms with Crippen molar-refractivity contribution in [1.82, 2.24) is 9.97 Å². The molecule has 0 aliphatic rings. The summed E-state index contributed by atoms with van der Waals surface area (Å²) in [6, 6.07) is 17.2. The number of aromatic nitrogens is 2. The first-order valence-corrected chi connectivity index (χ1v) is 8.83. The van der Waals surface area contributed by atoms with Crippen LogP contribution in [-0.2, 0) is 0 Å². The lowest BCUT2D eigenvalue weighted by atomic mass is 10.1. The Balaban J connectivity index is 1.46. The van der Waals surface area contributed by atoms with Gasteiger partial charge in [-0.15, -0.1) is 0 Å². The SMILES string of the molecule is O=C(Nc1ccc2nc(-c3ccncc3)oc2c1)c1cc2ccccc2oc1=O. The van der Waals surface area contributed by atoms with E-state index in [9.17, 15) is 9.59 Å². The molecule has 1 amide bonds. The van der Waals surface area contributed by atoms with E-state index in [0.717, 1.165) is 5.56 Å². The highest BCUT2D eigenvalue weighted by molar-refractivity contribution is 6.06. The van der Waals surface area contributed by atoms with Crippen molar-refractivity contribution in [2.75, 3.05) is 5.32 Å². The maximum absolute atomic E-state index is 12.6. The second-order valence-electron chi connectivity index (χ2n) is 6.38. The number of nitrogens with one attached hydrogen (secondary N) is 1. The quantitative estimate of drug-likeness (QED) is 0.468. The fourth-order valence-electron chi connectivity index (χ4n) is 3.04. The zero-order chi connectivity index (χ0) is 19.8. The van der Waals surface area contributed by atoms with Crippen LogP contribution in [0.2, 0.25) is 0 Å². The van der Waals surface area contributed by atoms with Crippen LogP contribution in [-0.4, -0.2) is 15.9 Å². The molecule has 0 aliphatic heterocycles. The Morgan fingerprint density at radius 3 is 2.59 bits per heavy atom. The molecule has 29 heavy (non-hydrogen) atoms. The minimum Gasteiger partial charge on any atom is -0.436 e. The van der Waals surface area contributed by atoms with Gasteiger partial charge in [0.25, 0.3) is 5.91 Å². The summed E-state index contributed by atoms with van der Waals surface area (Å²) in [5, 5.41) is 3.38. The summed E-state index contributed by atoms with van der Waals surface area (Å²) in [6.07, 6.45) is 3.32. The number of nitrogens with zero attached hydrogens (tertiary/aromatic N) is 2. The van der Waals surface area contributed by atoms with Gasteiger partial charge in [0, 0.05) is 35.1 Å². The minimum atomic E-state index is -0.693. The number of benzene rings is 2. The van der Waals surface area contributed by atoms with Gasteiger partial charge in [-0.1, -0.05) is 18.2 Å². The number of amides is 1. The van der Waals surface area contributed by atoms with E-state index in [1.54, 1.807) is 60.9 Å². The van der Waals surface area contributed by atoms with Gasteiger partial charge in [-0.3, -0.25) is 9.78 Å². The molecule has 3 aromatic heterocycles. The third-order valence-corrected chi connectivity index (χ3v) is 4.46. The molecule has 0 spiro atoms. The molecule has 140 valence electrons. The molecular formula is C22H13N3O4. The predicted octanol–water partition coefficient (Wildman–Crippen LogP) is 4.25. The number of anilines is 1. The van der Waals surface area contributed by atoms with Crippen molar-refractivity contribution in [2.45, 2.75) is 0 Å². The lowest BCUT2D eigenvalue weighted by Crippen LogP contribution is -2.20. The molecule has 0 atom stereocenters. The van der Waals surface area contributed by atoms with Crippen molar-refractivity contribution in [3.8, 4) is 11.5 Å². The van der Waals surface area contributed by atoms with Gasteiger partial charge in [0.1, 0.15) is 16.7 Å². The molecule has 7 nitrogen and oxygen atoms in total. The van der Waals surface area contributed by atoms with Crippen LogP contribution in [0.5, 0.6) is 0 Å². The Kier molecular flexibility index (Phi) is 3.91. The van der Waals surface area contributed by atoms with Crippen LogP contribution < -0.4 is 10.9 Å². The van der Waals surface area contributed by atoms with Crippen LogP contribution in [0.25, 0.3) is 33.5 Å². The maximum Gasteiger partial charge on any atom is 0.349 e. The van der Waals surface area contributed by atoms with Gasteiger partial charge in [0.05, 0.1) is 0 Å². The molecule has 0 unspecified atom stereocenters. The third-order valence-electron chi connectivity index (χ3n) is 4.46. The largest absolute Gasteiger partial charge is 0.436 e. The minimum absolute atomic E-state index is 0.0705. The van der Waals surface area contributed by atoms with Crippen molar-refractivity contribution >= 4 is 33.7 Å². The van der Waals surface area contributed by atoms with E-state index >= 15 is 0 Å². The first-order chi connectivity index (χ1) is 14.2. The summed E-state index contributed by atoms with van der Waals surface area (Å²) in [6.45, 7) is 0. The van der Waals surface area contributed by atoms with Crippen LogP contribution >= 0.6 is 0 Å². The third kappa shape index (κ3) is 3.14. The van der Waals surface area contributed by atoms with Crippen molar-refractivity contribution in [2.24, 2.45) is 0 Å². The van der Waals surface area contributed by atoms with Crippen molar-refractivity contribution in [1.29, 1.82) is 0 Å². The van der Waals surface area contributed by atoms with Crippen LogP contribution in [0.15, 0.2) is 86.7 Å². The zero-order valence-electron chi connectivity index (χ0n) is 15.0. The molecule has 3 heterocycles. The van der Waals surface area contributed by atoms with Gasteiger partial charge in [0.15, 0.2) is 5.58 Å². The number of hydrogen-bond donors (Lipinski definition) is 1. The summed E-state index contributed by atoms with van der Waals surface area (Å²) in [5.41, 5.74) is 2.12. The van der Waals surface area contributed by atoms with Crippen molar-refractivity contribution < 1.29 is 13.6 Å². The van der Waals surface area contributed by atoms with Gasteiger partial charge < -0.3 is 14.2 Å². The molecule has 0 radical (unpaired) electrons. The molecule has 0 saturated carbocycles. The first-order valence-electron chi connectivity index (χ1n) is 8.83. The molecule has 0 aliphatic carbocycles. The number of carbonyl (C=O) groups is 1. The highest BCUT2D eigenvalue weighted by Crippen LogP contribution is 2.26. The summed E-state index contributed by atoms with van der Waals surface area (Å²) >= 11 is 0. The average molecular weight is 383 g/mol. The predicted molar refractivity (Wildman–Crippen MR) is 108 cm³/mol. The average Bonchev–Trinajstić information content (AvgIpc) is 3.17. The van der Waals surface area contributed by atoms with Gasteiger partial charge in [-0.25, -0.2) is 9.78 Å². The number of para-hydroxylation sites is 1. The molecule has 0 saturated heterocycles. The molecule has 7 heteroatoms. The van der Waals surface area contributed by atoms with Gasteiger partial charge in [0.2, 0.25) is 5.89 Å². The number of fused-ring (bicyclic) bond motifs is 2. The van der Waals surface area contributed by atoms with Gasteiger partial charge >= 0.3 is 5.63 Å². The Hall–Kier alpha value is -4.26. The molecule has 5 rings (SSSR count). The molecule has 0 fully saturated rings. The normalized spacial score (nSPS) is 11.0. The van der Waals surface area contributed by atoms with Crippen molar-refractivity contribution in [3.63, 3.8) is 0 Å². The summed E-state index contributed by atoms with van der Waals surface area (Å²) in [7, 11) is 0. The van der Waals surface area contributed by atoms with E-state index in [0.29, 0.717) is 33.6 Å². The molecule has 0 bridgehead atoms. The zero-order valence-corrected chi connectivity index (χ0v) is 15.0. The van der Waals surface area contributed by atoms with Crippen LogP contribution in [0.3, 0.4) is 0 Å². The molecule has 1 N–H and O–H groups in total. The van der Waals surface area contributed by atoms with E-state index in [1.807, 2.05) is 6.07 Å². The Labute approximate surface area is 163 Å². The molecular weight excluding hydrogens is 370 g/mol. The van der Waals surface area contributed by atoms with Crippen molar-refractivity contribution in [3.05, 3.63) is 89.0 Å². The van der Waals surface area contributed by atoms with E-state index in [1.165, 1.54) is 6.07 Å². The monoisotopic (exact) mass is 383 g/mol. The number of carbonyl (C=O) groups excluding carboxylic acids is 1. The summed E-state index contributed by atoms with van der Waals surface area (Å²) < 4.78 is 11.0. The lowest BCUT2D eigenvalue weighted by Gasteiger charge is -2.05. The second kappa shape index (κ2) is 6.72. The summed E-state index contributed by atoms with van der Waals surface area (Å²) in [5.74, 6) is -0.0984. The fourth-order valence-corrected chi connectivity index (χ4v) is 3.04. The second-order valence-corrected chi connectivity index (χ2v) is 6.38. The fraction of sp³-hybridized carbons (Fsp3) is 0. The lowest BCUT2D eigenvalue weighted by molar-refractivity contribution is 0.102. The van der Waals surface area contributed by atoms with Crippen LogP contribution in [0.1, 0.15) is 10.4 Å². The van der Waals surface area contributed by atoms with Gasteiger partial charge in [-0.2, -0.15) is 0 Å². The standard InChI is InChI=1S/C22H13N3O4/c26-20(16-11-14-3-1-2-4-18(14)29-22(16)27)24-15-5-6-17-19(12-15)28-21(25-17)13-7-9-23-10-8-13/h1-12H,(H,24,26). The van der Waals surface area contributed by atoms with E-state index in [4.69, 9.17) is 8.83 Å². The highest BCUT2D eigenvalue weighted by Gasteiger charge is 2.15. The first kappa shape index (κ1) is 16.9. The van der Waals surface area contributed by atoms with E-state index in [2.05, 4.69) is 15.3 Å². The Morgan fingerprint density at radius 2 is 1.72 bits per heavy atom. The van der Waals surface area contributed by atoms with Crippen LogP contribution in [0, 0.1) is 0 Å². The van der Waals surface area contributed by atoms with Crippen LogP contribution in [0.4, 0.5) is 5.69 Å². The van der Waals surface area contributed by atoms with Gasteiger partial charge in [-0.05, 0) is 36.4 Å². The smallest absolute Gasteiger partial charge is 0.349 e. The van der Waals surface area contributed by atoms with E-state index in [-0.39, 0.29) is 5.56 Å². The number of rotatable bonds is 3. The Bertz CT molecular complexity index is 1420. The summed E-state index contributed by atoms with van der Waals surface area (Å²) in [4.78, 5) is 33.2.